The van der Waals surface area contributed by atoms with Gasteiger partial charge in [0, 0.05) is 11.8 Å². The van der Waals surface area contributed by atoms with Crippen molar-refractivity contribution in [1.29, 1.82) is 0 Å². The zero-order chi connectivity index (χ0) is 11.8. The lowest BCUT2D eigenvalue weighted by Crippen LogP contribution is -2.06. The molecule has 1 fully saturated rings. The molecule has 1 aliphatic carbocycles. The molecule has 1 unspecified atom stereocenters. The monoisotopic (exact) mass is 230 g/mol. The Kier molecular flexibility index (Phi) is 2.46. The molecule has 1 heterocycles. The molecule has 88 valence electrons. The van der Waals surface area contributed by atoms with Gasteiger partial charge in [-0.2, -0.15) is 5.10 Å². The molecule has 1 aromatic carbocycles. The zero-order valence-corrected chi connectivity index (χ0v) is 9.81. The van der Waals surface area contributed by atoms with E-state index in [1.807, 2.05) is 10.9 Å². The number of rotatable bonds is 3. The maximum atomic E-state index is 12.8. The number of benzene rings is 1. The van der Waals surface area contributed by atoms with Gasteiger partial charge < -0.3 is 0 Å². The van der Waals surface area contributed by atoms with Crippen molar-refractivity contribution in [1.82, 2.24) is 9.78 Å². The fraction of sp³-hybridized carbons (Fsp3) is 0.357. The smallest absolute Gasteiger partial charge is 0.123 e. The van der Waals surface area contributed by atoms with Crippen LogP contribution in [0.15, 0.2) is 36.7 Å². The van der Waals surface area contributed by atoms with E-state index >= 15 is 0 Å². The maximum Gasteiger partial charge on any atom is 0.123 e. The molecule has 0 spiro atoms. The topological polar surface area (TPSA) is 17.8 Å². The molecule has 1 atom stereocenters. The Hall–Kier alpha value is -1.64. The quantitative estimate of drug-likeness (QED) is 0.786. The van der Waals surface area contributed by atoms with Gasteiger partial charge >= 0.3 is 0 Å². The molecule has 1 aliphatic rings. The Labute approximate surface area is 100 Å². The van der Waals surface area contributed by atoms with Crippen molar-refractivity contribution in [2.45, 2.75) is 25.8 Å². The van der Waals surface area contributed by atoms with Crippen LogP contribution in [0.3, 0.4) is 0 Å². The third-order valence-electron chi connectivity index (χ3n) is 3.50. The second kappa shape index (κ2) is 3.99. The molecule has 0 radical (unpaired) electrons. The average Bonchev–Trinajstić information content (AvgIpc) is 3.07. The minimum Gasteiger partial charge on any atom is -0.269 e. The van der Waals surface area contributed by atoms with E-state index < -0.39 is 0 Å². The Bertz CT molecular complexity index is 511. The van der Waals surface area contributed by atoms with Crippen molar-refractivity contribution in [3.05, 3.63) is 42.5 Å². The molecule has 2 nitrogen and oxygen atoms in total. The molecular weight excluding hydrogens is 215 g/mol. The molecule has 0 bridgehead atoms. The van der Waals surface area contributed by atoms with Crippen LogP contribution in [0.2, 0.25) is 0 Å². The van der Waals surface area contributed by atoms with Gasteiger partial charge in [-0.3, -0.25) is 4.68 Å². The van der Waals surface area contributed by atoms with Gasteiger partial charge in [0.2, 0.25) is 0 Å². The van der Waals surface area contributed by atoms with Crippen LogP contribution < -0.4 is 0 Å². The van der Waals surface area contributed by atoms with Gasteiger partial charge in [0.1, 0.15) is 5.82 Å². The van der Waals surface area contributed by atoms with E-state index in [4.69, 9.17) is 0 Å². The molecule has 0 N–H and O–H groups in total. The summed E-state index contributed by atoms with van der Waals surface area (Å²) in [5.74, 6) is 0.587. The first-order chi connectivity index (χ1) is 8.24. The summed E-state index contributed by atoms with van der Waals surface area (Å²) in [6, 6.07) is 7.02. The first kappa shape index (κ1) is 10.5. The summed E-state index contributed by atoms with van der Waals surface area (Å²) in [6.45, 7) is 2.21. The summed E-state index contributed by atoms with van der Waals surface area (Å²) in [6.07, 6.45) is 6.53. The Morgan fingerprint density at radius 3 is 2.59 bits per heavy atom. The molecule has 0 aliphatic heterocycles. The lowest BCUT2D eigenvalue weighted by molar-refractivity contribution is 0.440. The van der Waals surface area contributed by atoms with Crippen molar-refractivity contribution >= 4 is 0 Å². The van der Waals surface area contributed by atoms with Gasteiger partial charge in [0.25, 0.3) is 0 Å². The molecule has 17 heavy (non-hydrogen) atoms. The highest BCUT2D eigenvalue weighted by molar-refractivity contribution is 5.61. The Balaban J connectivity index is 1.86. The lowest BCUT2D eigenvalue weighted by Gasteiger charge is -2.09. The van der Waals surface area contributed by atoms with Gasteiger partial charge in [0.15, 0.2) is 0 Å². The summed E-state index contributed by atoms with van der Waals surface area (Å²) >= 11 is 0. The van der Waals surface area contributed by atoms with E-state index in [0.717, 1.165) is 17.0 Å². The first-order valence-corrected chi connectivity index (χ1v) is 6.04. The molecule has 0 saturated heterocycles. The van der Waals surface area contributed by atoms with Crippen molar-refractivity contribution in [2.24, 2.45) is 5.92 Å². The largest absolute Gasteiger partial charge is 0.269 e. The lowest BCUT2D eigenvalue weighted by atomic mass is 10.1. The van der Waals surface area contributed by atoms with Crippen LogP contribution in [-0.4, -0.2) is 9.78 Å². The van der Waals surface area contributed by atoms with E-state index in [0.29, 0.717) is 6.04 Å². The molecule has 1 saturated carbocycles. The number of aromatic nitrogens is 2. The number of hydrogen-bond acceptors (Lipinski definition) is 1. The second-order valence-electron chi connectivity index (χ2n) is 4.79. The van der Waals surface area contributed by atoms with Crippen LogP contribution in [0.4, 0.5) is 4.39 Å². The van der Waals surface area contributed by atoms with E-state index in [1.54, 1.807) is 12.1 Å². The molecule has 0 amide bonds. The van der Waals surface area contributed by atoms with Crippen LogP contribution in [-0.2, 0) is 0 Å². The fourth-order valence-corrected chi connectivity index (χ4v) is 2.15. The normalized spacial score (nSPS) is 17.1. The molecule has 1 aromatic heterocycles. The zero-order valence-electron chi connectivity index (χ0n) is 9.81. The summed E-state index contributed by atoms with van der Waals surface area (Å²) in [7, 11) is 0. The number of hydrogen-bond donors (Lipinski definition) is 0. The SMILES string of the molecule is CC(C1CC1)n1cc(-c2ccc(F)cc2)cn1. The average molecular weight is 230 g/mol. The standard InChI is InChI=1S/C14H15FN2/c1-10(11-2-3-11)17-9-13(8-16-17)12-4-6-14(15)7-5-12/h4-11H,2-3H2,1H3. The highest BCUT2D eigenvalue weighted by atomic mass is 19.1. The van der Waals surface area contributed by atoms with Crippen LogP contribution in [0.1, 0.15) is 25.8 Å². The van der Waals surface area contributed by atoms with Crippen molar-refractivity contribution < 1.29 is 4.39 Å². The van der Waals surface area contributed by atoms with Crippen LogP contribution in [0.5, 0.6) is 0 Å². The van der Waals surface area contributed by atoms with Crippen LogP contribution in [0, 0.1) is 11.7 Å². The first-order valence-electron chi connectivity index (χ1n) is 6.04. The van der Waals surface area contributed by atoms with E-state index in [1.165, 1.54) is 25.0 Å². The van der Waals surface area contributed by atoms with Crippen molar-refractivity contribution in [2.75, 3.05) is 0 Å². The van der Waals surface area contributed by atoms with Crippen LogP contribution >= 0.6 is 0 Å². The molecule has 3 rings (SSSR count). The van der Waals surface area contributed by atoms with Gasteiger partial charge in [-0.25, -0.2) is 4.39 Å². The van der Waals surface area contributed by atoms with Gasteiger partial charge in [-0.05, 0) is 43.4 Å². The maximum absolute atomic E-state index is 12.8. The number of nitrogens with zero attached hydrogens (tertiary/aromatic N) is 2. The fourth-order valence-electron chi connectivity index (χ4n) is 2.15. The predicted octanol–water partition coefficient (Wildman–Crippen LogP) is 3.66. The predicted molar refractivity (Wildman–Crippen MR) is 65.1 cm³/mol. The van der Waals surface area contributed by atoms with E-state index in [2.05, 4.69) is 18.2 Å². The molecule has 2 aromatic rings. The minimum absolute atomic E-state index is 0.201. The minimum atomic E-state index is -0.201. The summed E-state index contributed by atoms with van der Waals surface area (Å²) in [5, 5.41) is 4.40. The molecule has 3 heteroatoms. The highest BCUT2D eigenvalue weighted by Gasteiger charge is 2.29. The van der Waals surface area contributed by atoms with Gasteiger partial charge in [-0.1, -0.05) is 12.1 Å². The van der Waals surface area contributed by atoms with Gasteiger partial charge in [0.05, 0.1) is 12.2 Å². The highest BCUT2D eigenvalue weighted by Crippen LogP contribution is 2.39. The van der Waals surface area contributed by atoms with Gasteiger partial charge in [-0.15, -0.1) is 0 Å². The van der Waals surface area contributed by atoms with Crippen LogP contribution in [0.25, 0.3) is 11.1 Å². The van der Waals surface area contributed by atoms with E-state index in [9.17, 15) is 4.39 Å². The Morgan fingerprint density at radius 1 is 1.24 bits per heavy atom. The third-order valence-corrected chi connectivity index (χ3v) is 3.50. The number of halogens is 1. The summed E-state index contributed by atoms with van der Waals surface area (Å²) in [5.41, 5.74) is 2.07. The second-order valence-corrected chi connectivity index (χ2v) is 4.79. The Morgan fingerprint density at radius 2 is 1.94 bits per heavy atom. The molecular formula is C14H15FN2. The third kappa shape index (κ3) is 2.09. The van der Waals surface area contributed by atoms with Crippen molar-refractivity contribution in [3.63, 3.8) is 0 Å². The summed E-state index contributed by atoms with van der Waals surface area (Å²) in [4.78, 5) is 0. The summed E-state index contributed by atoms with van der Waals surface area (Å²) < 4.78 is 14.9. The van der Waals surface area contributed by atoms with E-state index in [-0.39, 0.29) is 5.82 Å². The van der Waals surface area contributed by atoms with Crippen molar-refractivity contribution in [3.8, 4) is 11.1 Å².